The summed E-state index contributed by atoms with van der Waals surface area (Å²) in [6.07, 6.45) is 9.08. The molecule has 1 heterocycles. The Morgan fingerprint density at radius 1 is 1.06 bits per heavy atom. The largest absolute Gasteiger partial charge is 0.460 e. The van der Waals surface area contributed by atoms with E-state index in [0.717, 1.165) is 19.4 Å². The van der Waals surface area contributed by atoms with Gasteiger partial charge in [-0.1, -0.05) is 12.8 Å². The van der Waals surface area contributed by atoms with Crippen LogP contribution in [0.5, 0.6) is 0 Å². The fourth-order valence-corrected chi connectivity index (χ4v) is 1.83. The van der Waals surface area contributed by atoms with Gasteiger partial charge in [0.1, 0.15) is 5.60 Å². The Bertz CT molecular complexity index is 336. The standard InChI is InChI=1S/C15H25NO2/c1-15(2,3)18-14(17)10-6-4-5-7-11-16-12-8-9-13-16/h8-9,12-13H,4-7,10-11H2,1-3H3. The fourth-order valence-electron chi connectivity index (χ4n) is 1.83. The van der Waals surface area contributed by atoms with Crippen LogP contribution in [0.3, 0.4) is 0 Å². The molecular weight excluding hydrogens is 226 g/mol. The molecule has 0 amide bonds. The summed E-state index contributed by atoms with van der Waals surface area (Å²) in [5.74, 6) is -0.0760. The van der Waals surface area contributed by atoms with Crippen LogP contribution < -0.4 is 0 Å². The van der Waals surface area contributed by atoms with Gasteiger partial charge in [0, 0.05) is 25.4 Å². The average molecular weight is 251 g/mol. The Balaban J connectivity index is 1.97. The maximum absolute atomic E-state index is 11.5. The van der Waals surface area contributed by atoms with Gasteiger partial charge in [-0.15, -0.1) is 0 Å². The molecule has 1 rings (SSSR count). The highest BCUT2D eigenvalue weighted by atomic mass is 16.6. The van der Waals surface area contributed by atoms with Gasteiger partial charge in [-0.3, -0.25) is 4.79 Å². The smallest absolute Gasteiger partial charge is 0.306 e. The Hall–Kier alpha value is -1.25. The highest BCUT2D eigenvalue weighted by Crippen LogP contribution is 2.11. The average Bonchev–Trinajstić information content (AvgIpc) is 2.73. The molecule has 0 saturated carbocycles. The minimum absolute atomic E-state index is 0.0760. The first kappa shape index (κ1) is 14.8. The van der Waals surface area contributed by atoms with E-state index in [2.05, 4.69) is 17.0 Å². The number of esters is 1. The van der Waals surface area contributed by atoms with Gasteiger partial charge in [-0.25, -0.2) is 0 Å². The predicted molar refractivity (Wildman–Crippen MR) is 73.4 cm³/mol. The normalized spacial score (nSPS) is 11.5. The number of carbonyl (C=O) groups is 1. The van der Waals surface area contributed by atoms with Crippen molar-refractivity contribution in [2.45, 2.75) is 65.0 Å². The van der Waals surface area contributed by atoms with E-state index in [4.69, 9.17) is 4.74 Å². The second kappa shape index (κ2) is 7.24. The lowest BCUT2D eigenvalue weighted by Crippen LogP contribution is -2.23. The number of hydrogen-bond donors (Lipinski definition) is 0. The van der Waals surface area contributed by atoms with Gasteiger partial charge in [0.25, 0.3) is 0 Å². The maximum Gasteiger partial charge on any atom is 0.306 e. The van der Waals surface area contributed by atoms with E-state index in [1.54, 1.807) is 0 Å². The van der Waals surface area contributed by atoms with Gasteiger partial charge in [-0.2, -0.15) is 0 Å². The monoisotopic (exact) mass is 251 g/mol. The molecule has 0 aliphatic heterocycles. The number of nitrogens with zero attached hydrogens (tertiary/aromatic N) is 1. The molecule has 0 aromatic carbocycles. The molecule has 3 heteroatoms. The van der Waals surface area contributed by atoms with Crippen LogP contribution in [0.25, 0.3) is 0 Å². The molecule has 0 aliphatic carbocycles. The van der Waals surface area contributed by atoms with Gasteiger partial charge in [-0.05, 0) is 45.7 Å². The SMILES string of the molecule is CC(C)(C)OC(=O)CCCCCCn1cccc1. The summed E-state index contributed by atoms with van der Waals surface area (Å²) < 4.78 is 7.45. The minimum atomic E-state index is -0.356. The zero-order valence-electron chi connectivity index (χ0n) is 11.8. The van der Waals surface area contributed by atoms with Crippen molar-refractivity contribution < 1.29 is 9.53 Å². The van der Waals surface area contributed by atoms with E-state index >= 15 is 0 Å². The number of rotatable bonds is 7. The highest BCUT2D eigenvalue weighted by Gasteiger charge is 2.15. The summed E-state index contributed by atoms with van der Waals surface area (Å²) >= 11 is 0. The highest BCUT2D eigenvalue weighted by molar-refractivity contribution is 5.69. The molecule has 1 aromatic heterocycles. The summed E-state index contributed by atoms with van der Waals surface area (Å²) in [6.45, 7) is 6.78. The summed E-state index contributed by atoms with van der Waals surface area (Å²) in [5.41, 5.74) is -0.356. The van der Waals surface area contributed by atoms with Gasteiger partial charge in [0.05, 0.1) is 0 Å². The van der Waals surface area contributed by atoms with Gasteiger partial charge in [0.15, 0.2) is 0 Å². The molecular formula is C15H25NO2. The second-order valence-electron chi connectivity index (χ2n) is 5.67. The molecule has 102 valence electrons. The summed E-state index contributed by atoms with van der Waals surface area (Å²) in [7, 11) is 0. The molecule has 18 heavy (non-hydrogen) atoms. The van der Waals surface area contributed by atoms with E-state index in [-0.39, 0.29) is 11.6 Å². The molecule has 3 nitrogen and oxygen atoms in total. The van der Waals surface area contributed by atoms with Crippen LogP contribution in [0, 0.1) is 0 Å². The third kappa shape index (κ3) is 7.15. The van der Waals surface area contributed by atoms with E-state index in [0.29, 0.717) is 6.42 Å². The number of hydrogen-bond acceptors (Lipinski definition) is 2. The van der Waals surface area contributed by atoms with Crippen LogP contribution in [-0.2, 0) is 16.1 Å². The number of unbranched alkanes of at least 4 members (excludes halogenated alkanes) is 3. The number of aryl methyl sites for hydroxylation is 1. The Labute approximate surface area is 110 Å². The molecule has 0 bridgehead atoms. The van der Waals surface area contributed by atoms with Crippen molar-refractivity contribution in [2.24, 2.45) is 0 Å². The van der Waals surface area contributed by atoms with Gasteiger partial charge in [0.2, 0.25) is 0 Å². The number of carbonyl (C=O) groups excluding carboxylic acids is 1. The maximum atomic E-state index is 11.5. The Morgan fingerprint density at radius 3 is 2.28 bits per heavy atom. The predicted octanol–water partition coefficient (Wildman–Crippen LogP) is 3.78. The first-order valence-electron chi connectivity index (χ1n) is 6.80. The molecule has 1 aromatic rings. The van der Waals surface area contributed by atoms with Crippen LogP contribution in [-0.4, -0.2) is 16.1 Å². The molecule has 0 N–H and O–H groups in total. The van der Waals surface area contributed by atoms with E-state index < -0.39 is 0 Å². The van der Waals surface area contributed by atoms with Crippen molar-refractivity contribution in [3.63, 3.8) is 0 Å². The fraction of sp³-hybridized carbons (Fsp3) is 0.667. The second-order valence-corrected chi connectivity index (χ2v) is 5.67. The van der Waals surface area contributed by atoms with Crippen LogP contribution in [0.4, 0.5) is 0 Å². The molecule has 0 atom stereocenters. The van der Waals surface area contributed by atoms with Crippen molar-refractivity contribution in [1.29, 1.82) is 0 Å². The first-order valence-corrected chi connectivity index (χ1v) is 6.80. The molecule has 0 spiro atoms. The summed E-state index contributed by atoms with van der Waals surface area (Å²) in [6, 6.07) is 4.09. The lowest BCUT2D eigenvalue weighted by Gasteiger charge is -2.19. The third-order valence-electron chi connectivity index (χ3n) is 2.63. The van der Waals surface area contributed by atoms with Crippen LogP contribution >= 0.6 is 0 Å². The quantitative estimate of drug-likeness (QED) is 0.545. The van der Waals surface area contributed by atoms with E-state index in [1.807, 2.05) is 32.9 Å². The van der Waals surface area contributed by atoms with Crippen molar-refractivity contribution >= 4 is 5.97 Å². The lowest BCUT2D eigenvalue weighted by molar-refractivity contribution is -0.154. The zero-order valence-corrected chi connectivity index (χ0v) is 11.8. The van der Waals surface area contributed by atoms with Crippen LogP contribution in [0.2, 0.25) is 0 Å². The lowest BCUT2D eigenvalue weighted by atomic mass is 10.1. The summed E-state index contributed by atoms with van der Waals surface area (Å²) in [4.78, 5) is 11.5. The van der Waals surface area contributed by atoms with Crippen molar-refractivity contribution in [3.8, 4) is 0 Å². The molecule has 0 aliphatic rings. The first-order chi connectivity index (χ1) is 8.47. The van der Waals surface area contributed by atoms with Crippen molar-refractivity contribution in [3.05, 3.63) is 24.5 Å². The molecule has 0 saturated heterocycles. The zero-order chi connectivity index (χ0) is 13.4. The van der Waals surface area contributed by atoms with Crippen molar-refractivity contribution in [2.75, 3.05) is 0 Å². The molecule has 0 radical (unpaired) electrons. The van der Waals surface area contributed by atoms with Crippen LogP contribution in [0.1, 0.15) is 52.9 Å². The number of ether oxygens (including phenoxy) is 1. The van der Waals surface area contributed by atoms with Crippen LogP contribution in [0.15, 0.2) is 24.5 Å². The van der Waals surface area contributed by atoms with Crippen molar-refractivity contribution in [1.82, 2.24) is 4.57 Å². The van der Waals surface area contributed by atoms with Gasteiger partial charge >= 0.3 is 5.97 Å². The third-order valence-corrected chi connectivity index (χ3v) is 2.63. The minimum Gasteiger partial charge on any atom is -0.460 e. The molecule has 0 unspecified atom stereocenters. The Kier molecular flexibility index (Phi) is 5.96. The topological polar surface area (TPSA) is 31.2 Å². The Morgan fingerprint density at radius 2 is 1.67 bits per heavy atom. The van der Waals surface area contributed by atoms with E-state index in [1.165, 1.54) is 12.8 Å². The van der Waals surface area contributed by atoms with Gasteiger partial charge < -0.3 is 9.30 Å². The molecule has 0 fully saturated rings. The van der Waals surface area contributed by atoms with E-state index in [9.17, 15) is 4.79 Å². The number of aromatic nitrogens is 1. The summed E-state index contributed by atoms with van der Waals surface area (Å²) in [5, 5.41) is 0.